The Kier molecular flexibility index (Phi) is 6.48. The summed E-state index contributed by atoms with van der Waals surface area (Å²) in [6.45, 7) is 6.34. The number of ether oxygens (including phenoxy) is 1. The molecule has 2 N–H and O–H groups in total. The second-order valence-corrected chi connectivity index (χ2v) is 5.34. The van der Waals surface area contributed by atoms with E-state index >= 15 is 0 Å². The van der Waals surface area contributed by atoms with Crippen molar-refractivity contribution >= 4 is 5.96 Å². The molecule has 0 saturated carbocycles. The Bertz CT molecular complexity index is 638. The van der Waals surface area contributed by atoms with Crippen molar-refractivity contribution in [1.82, 2.24) is 10.6 Å². The first-order chi connectivity index (χ1) is 11.2. The highest BCUT2D eigenvalue weighted by atomic mass is 16.5. The smallest absolute Gasteiger partial charge is 0.191 e. The number of rotatable bonds is 6. The van der Waals surface area contributed by atoms with Crippen molar-refractivity contribution in [2.75, 3.05) is 13.7 Å². The topological polar surface area (TPSA) is 45.7 Å². The summed E-state index contributed by atoms with van der Waals surface area (Å²) in [5.41, 5.74) is 3.53. The molecule has 0 aromatic heterocycles. The lowest BCUT2D eigenvalue weighted by Gasteiger charge is -2.12. The highest BCUT2D eigenvalue weighted by Gasteiger charge is 2.01. The van der Waals surface area contributed by atoms with Crippen LogP contribution >= 0.6 is 0 Å². The van der Waals surface area contributed by atoms with Crippen LogP contribution < -0.4 is 15.4 Å². The molecule has 0 bridgehead atoms. The Balaban J connectivity index is 1.99. The van der Waals surface area contributed by atoms with Gasteiger partial charge in [0.2, 0.25) is 0 Å². The summed E-state index contributed by atoms with van der Waals surface area (Å²) in [5.74, 6) is 1.73. The fourth-order valence-electron chi connectivity index (χ4n) is 2.33. The van der Waals surface area contributed by atoms with Gasteiger partial charge in [0.25, 0.3) is 0 Å². The van der Waals surface area contributed by atoms with Gasteiger partial charge in [-0.3, -0.25) is 0 Å². The molecular formula is C19H25N3O. The Hall–Kier alpha value is -2.49. The maximum Gasteiger partial charge on any atom is 0.191 e. The SMILES string of the molecule is CCNC(=NCc1ccc(OC)c(C)c1)NCc1ccccc1. The molecule has 2 aromatic rings. The summed E-state index contributed by atoms with van der Waals surface area (Å²) in [7, 11) is 1.69. The molecule has 0 radical (unpaired) electrons. The summed E-state index contributed by atoms with van der Waals surface area (Å²) >= 11 is 0. The lowest BCUT2D eigenvalue weighted by atomic mass is 10.1. The quantitative estimate of drug-likeness (QED) is 0.636. The van der Waals surface area contributed by atoms with E-state index in [0.29, 0.717) is 6.54 Å². The summed E-state index contributed by atoms with van der Waals surface area (Å²) in [4.78, 5) is 4.65. The molecule has 122 valence electrons. The van der Waals surface area contributed by atoms with Crippen LogP contribution in [0.2, 0.25) is 0 Å². The van der Waals surface area contributed by atoms with Crippen molar-refractivity contribution in [2.45, 2.75) is 26.9 Å². The number of aliphatic imine (C=N–C) groups is 1. The lowest BCUT2D eigenvalue weighted by molar-refractivity contribution is 0.411. The van der Waals surface area contributed by atoms with Crippen molar-refractivity contribution in [1.29, 1.82) is 0 Å². The van der Waals surface area contributed by atoms with E-state index in [1.807, 2.05) is 31.2 Å². The van der Waals surface area contributed by atoms with Crippen molar-refractivity contribution < 1.29 is 4.74 Å². The van der Waals surface area contributed by atoms with Crippen LogP contribution in [0.5, 0.6) is 5.75 Å². The highest BCUT2D eigenvalue weighted by Crippen LogP contribution is 2.18. The number of aryl methyl sites for hydroxylation is 1. The van der Waals surface area contributed by atoms with E-state index in [4.69, 9.17) is 4.74 Å². The second-order valence-electron chi connectivity index (χ2n) is 5.34. The molecule has 0 amide bonds. The minimum absolute atomic E-state index is 0.634. The van der Waals surface area contributed by atoms with Gasteiger partial charge in [0.1, 0.15) is 5.75 Å². The number of benzene rings is 2. The molecule has 0 unspecified atom stereocenters. The maximum atomic E-state index is 5.29. The zero-order valence-electron chi connectivity index (χ0n) is 14.1. The molecule has 4 heteroatoms. The van der Waals surface area contributed by atoms with Crippen molar-refractivity contribution in [3.63, 3.8) is 0 Å². The van der Waals surface area contributed by atoms with Gasteiger partial charge in [-0.05, 0) is 36.6 Å². The molecular weight excluding hydrogens is 286 g/mol. The monoisotopic (exact) mass is 311 g/mol. The number of hydrogen-bond acceptors (Lipinski definition) is 2. The van der Waals surface area contributed by atoms with Crippen molar-refractivity contribution in [2.24, 2.45) is 4.99 Å². The predicted octanol–water partition coefficient (Wildman–Crippen LogP) is 3.26. The molecule has 2 aromatic carbocycles. The van der Waals surface area contributed by atoms with Gasteiger partial charge in [-0.15, -0.1) is 0 Å². The van der Waals surface area contributed by atoms with E-state index in [9.17, 15) is 0 Å². The van der Waals surface area contributed by atoms with Gasteiger partial charge in [-0.25, -0.2) is 4.99 Å². The molecule has 0 spiro atoms. The average Bonchev–Trinajstić information content (AvgIpc) is 2.58. The fraction of sp³-hybridized carbons (Fsp3) is 0.316. The van der Waals surface area contributed by atoms with E-state index in [0.717, 1.165) is 30.4 Å². The van der Waals surface area contributed by atoms with Crippen LogP contribution in [-0.4, -0.2) is 19.6 Å². The van der Waals surface area contributed by atoms with E-state index in [1.54, 1.807) is 7.11 Å². The standard InChI is InChI=1S/C19H25N3O/c1-4-20-19(21-13-16-8-6-5-7-9-16)22-14-17-10-11-18(23-3)15(2)12-17/h5-12H,4,13-14H2,1-3H3,(H2,20,21,22). The van der Waals surface area contributed by atoms with Crippen LogP contribution in [0, 0.1) is 6.92 Å². The van der Waals surface area contributed by atoms with E-state index in [1.165, 1.54) is 11.1 Å². The Morgan fingerprint density at radius 1 is 1.04 bits per heavy atom. The van der Waals surface area contributed by atoms with Gasteiger partial charge in [0.05, 0.1) is 13.7 Å². The van der Waals surface area contributed by atoms with Crippen LogP contribution in [0.15, 0.2) is 53.5 Å². The first kappa shape index (κ1) is 16.9. The second kappa shape index (κ2) is 8.83. The highest BCUT2D eigenvalue weighted by molar-refractivity contribution is 5.79. The van der Waals surface area contributed by atoms with Gasteiger partial charge in [0.15, 0.2) is 5.96 Å². The molecule has 0 heterocycles. The van der Waals surface area contributed by atoms with Gasteiger partial charge >= 0.3 is 0 Å². The van der Waals surface area contributed by atoms with Gasteiger partial charge in [0, 0.05) is 13.1 Å². The average molecular weight is 311 g/mol. The summed E-state index contributed by atoms with van der Waals surface area (Å²) in [5, 5.41) is 6.63. The normalized spacial score (nSPS) is 11.2. The maximum absolute atomic E-state index is 5.29. The van der Waals surface area contributed by atoms with Crippen molar-refractivity contribution in [3.8, 4) is 5.75 Å². The number of guanidine groups is 1. The third-order valence-corrected chi connectivity index (χ3v) is 3.53. The summed E-state index contributed by atoms with van der Waals surface area (Å²) < 4.78 is 5.29. The largest absolute Gasteiger partial charge is 0.496 e. The third kappa shape index (κ3) is 5.33. The molecule has 0 fully saturated rings. The Morgan fingerprint density at radius 2 is 1.83 bits per heavy atom. The van der Waals surface area contributed by atoms with Crippen LogP contribution in [0.25, 0.3) is 0 Å². The number of nitrogens with one attached hydrogen (secondary N) is 2. The van der Waals surface area contributed by atoms with E-state index < -0.39 is 0 Å². The van der Waals surface area contributed by atoms with Crippen LogP contribution in [0.4, 0.5) is 0 Å². The van der Waals surface area contributed by atoms with Gasteiger partial charge in [-0.2, -0.15) is 0 Å². The molecule has 0 aliphatic carbocycles. The number of hydrogen-bond donors (Lipinski definition) is 2. The first-order valence-corrected chi connectivity index (χ1v) is 7.92. The van der Waals surface area contributed by atoms with Gasteiger partial charge in [-0.1, -0.05) is 42.5 Å². The molecule has 4 nitrogen and oxygen atoms in total. The minimum Gasteiger partial charge on any atom is -0.496 e. The molecule has 0 aliphatic rings. The molecule has 0 atom stereocenters. The fourth-order valence-corrected chi connectivity index (χ4v) is 2.33. The van der Waals surface area contributed by atoms with E-state index in [2.05, 4.69) is 46.8 Å². The summed E-state index contributed by atoms with van der Waals surface area (Å²) in [6.07, 6.45) is 0. The van der Waals surface area contributed by atoms with Crippen molar-refractivity contribution in [3.05, 3.63) is 65.2 Å². The molecule has 2 rings (SSSR count). The first-order valence-electron chi connectivity index (χ1n) is 7.92. The van der Waals surface area contributed by atoms with E-state index in [-0.39, 0.29) is 0 Å². The molecule has 0 saturated heterocycles. The lowest BCUT2D eigenvalue weighted by Crippen LogP contribution is -2.36. The number of methoxy groups -OCH3 is 1. The Labute approximate surface area is 138 Å². The zero-order chi connectivity index (χ0) is 16.5. The van der Waals surface area contributed by atoms with Crippen LogP contribution in [-0.2, 0) is 13.1 Å². The molecule has 23 heavy (non-hydrogen) atoms. The van der Waals surface area contributed by atoms with Gasteiger partial charge < -0.3 is 15.4 Å². The summed E-state index contributed by atoms with van der Waals surface area (Å²) in [6, 6.07) is 16.5. The third-order valence-electron chi connectivity index (χ3n) is 3.53. The molecule has 0 aliphatic heterocycles. The Morgan fingerprint density at radius 3 is 2.48 bits per heavy atom. The van der Waals surface area contributed by atoms with Crippen LogP contribution in [0.1, 0.15) is 23.6 Å². The minimum atomic E-state index is 0.634. The number of nitrogens with zero attached hydrogens (tertiary/aromatic N) is 1. The zero-order valence-corrected chi connectivity index (χ0v) is 14.1. The van der Waals surface area contributed by atoms with Crippen LogP contribution in [0.3, 0.4) is 0 Å². The predicted molar refractivity (Wildman–Crippen MR) is 95.8 cm³/mol.